The predicted octanol–water partition coefficient (Wildman–Crippen LogP) is 5.62. The van der Waals surface area contributed by atoms with Gasteiger partial charge in [-0.1, -0.05) is 48.5 Å². The number of ether oxygens (including phenoxy) is 3. The molecule has 7 nitrogen and oxygen atoms in total. The van der Waals surface area contributed by atoms with Crippen LogP contribution in [0.15, 0.2) is 72.8 Å². The van der Waals surface area contributed by atoms with Crippen molar-refractivity contribution in [1.82, 2.24) is 9.80 Å². The number of hydrogen-bond acceptors (Lipinski definition) is 6. The van der Waals surface area contributed by atoms with Crippen LogP contribution in [0.25, 0.3) is 0 Å². The van der Waals surface area contributed by atoms with Crippen molar-refractivity contribution in [3.8, 4) is 17.2 Å². The van der Waals surface area contributed by atoms with E-state index < -0.39 is 0 Å². The third kappa shape index (κ3) is 8.65. The molecule has 1 aliphatic heterocycles. The normalized spacial score (nSPS) is 15.0. The second-order valence-electron chi connectivity index (χ2n) is 10.3. The average molecular weight is 546 g/mol. The largest absolute Gasteiger partial charge is 0.490 e. The van der Waals surface area contributed by atoms with Gasteiger partial charge in [0.15, 0.2) is 18.1 Å². The number of para-hydroxylation sites is 1. The summed E-state index contributed by atoms with van der Waals surface area (Å²) in [7, 11) is 3.98. The van der Waals surface area contributed by atoms with E-state index in [0.717, 1.165) is 55.1 Å². The van der Waals surface area contributed by atoms with E-state index in [0.29, 0.717) is 38.6 Å². The molecule has 1 aliphatic rings. The number of carbonyl (C=O) groups excluding carboxylic acids is 1. The minimum Gasteiger partial charge on any atom is -0.490 e. The fraction of sp³-hybridized carbons (Fsp3) is 0.424. The van der Waals surface area contributed by atoms with E-state index in [-0.39, 0.29) is 12.5 Å². The van der Waals surface area contributed by atoms with Gasteiger partial charge in [0.2, 0.25) is 0 Å². The highest BCUT2D eigenvalue weighted by Crippen LogP contribution is 2.33. The van der Waals surface area contributed by atoms with E-state index in [1.54, 1.807) is 0 Å². The molecule has 0 unspecified atom stereocenters. The molecular weight excluding hydrogens is 502 g/mol. The Hall–Kier alpha value is -3.71. The van der Waals surface area contributed by atoms with Gasteiger partial charge >= 0.3 is 0 Å². The molecule has 7 heteroatoms. The highest BCUT2D eigenvalue weighted by atomic mass is 16.5. The zero-order chi connectivity index (χ0) is 28.2. The van der Waals surface area contributed by atoms with E-state index >= 15 is 0 Å². The van der Waals surface area contributed by atoms with Crippen molar-refractivity contribution in [3.63, 3.8) is 0 Å². The summed E-state index contributed by atoms with van der Waals surface area (Å²) >= 11 is 0. The highest BCUT2D eigenvalue weighted by molar-refractivity contribution is 5.77. The van der Waals surface area contributed by atoms with E-state index in [2.05, 4.69) is 35.2 Å². The number of carbonyl (C=O) groups is 1. The Balaban J connectivity index is 1.51. The first-order chi connectivity index (χ1) is 19.5. The van der Waals surface area contributed by atoms with Crippen LogP contribution >= 0.6 is 0 Å². The molecule has 0 saturated heterocycles. The van der Waals surface area contributed by atoms with Gasteiger partial charge in [0, 0.05) is 64.1 Å². The van der Waals surface area contributed by atoms with Gasteiger partial charge in [-0.25, -0.2) is 0 Å². The summed E-state index contributed by atoms with van der Waals surface area (Å²) in [6, 6.07) is 24.4. The quantitative estimate of drug-likeness (QED) is 0.366. The lowest BCUT2D eigenvalue weighted by Crippen LogP contribution is -2.41. The lowest BCUT2D eigenvalue weighted by Gasteiger charge is -2.28. The molecule has 0 atom stereocenters. The van der Waals surface area contributed by atoms with Crippen molar-refractivity contribution in [1.29, 1.82) is 0 Å². The summed E-state index contributed by atoms with van der Waals surface area (Å²) in [6.07, 6.45) is 2.82. The van der Waals surface area contributed by atoms with Crippen LogP contribution in [0, 0.1) is 0 Å². The Morgan fingerprint density at radius 1 is 0.900 bits per heavy atom. The van der Waals surface area contributed by atoms with Crippen LogP contribution < -0.4 is 19.1 Å². The molecule has 0 N–H and O–H groups in total. The molecule has 0 aliphatic carbocycles. The summed E-state index contributed by atoms with van der Waals surface area (Å²) in [4.78, 5) is 19.8. The van der Waals surface area contributed by atoms with Crippen LogP contribution in [0.2, 0.25) is 0 Å². The van der Waals surface area contributed by atoms with Crippen LogP contribution in [0.1, 0.15) is 37.3 Å². The van der Waals surface area contributed by atoms with Gasteiger partial charge in [0.1, 0.15) is 5.75 Å². The second kappa shape index (κ2) is 15.2. The summed E-state index contributed by atoms with van der Waals surface area (Å²) in [6.45, 7) is 6.77. The van der Waals surface area contributed by atoms with E-state index in [4.69, 9.17) is 14.2 Å². The number of anilines is 1. The Labute approximate surface area is 239 Å². The Morgan fingerprint density at radius 3 is 2.52 bits per heavy atom. The molecule has 0 spiro atoms. The van der Waals surface area contributed by atoms with Gasteiger partial charge in [0.25, 0.3) is 5.91 Å². The summed E-state index contributed by atoms with van der Waals surface area (Å²) < 4.78 is 18.2. The summed E-state index contributed by atoms with van der Waals surface area (Å²) in [5, 5.41) is 0. The number of benzene rings is 3. The number of amides is 1. The molecule has 4 rings (SSSR count). The molecule has 3 aromatic carbocycles. The first kappa shape index (κ1) is 29.3. The van der Waals surface area contributed by atoms with Gasteiger partial charge in [-0.2, -0.15) is 0 Å². The zero-order valence-electron chi connectivity index (χ0n) is 24.2. The minimum absolute atomic E-state index is 0.0140. The first-order valence-electron chi connectivity index (χ1n) is 14.3. The van der Waals surface area contributed by atoms with Crippen molar-refractivity contribution in [2.75, 3.05) is 58.5 Å². The SMILES string of the molecule is CCOc1cccc2c1OCCCCCN(C(=O)COc1cccc(N(C)C)c1)CCN(Cc1ccccc1)C2. The fourth-order valence-electron chi connectivity index (χ4n) is 4.88. The number of fused-ring (bicyclic) bond motifs is 1. The highest BCUT2D eigenvalue weighted by Gasteiger charge is 2.20. The lowest BCUT2D eigenvalue weighted by atomic mass is 10.1. The topological polar surface area (TPSA) is 54.5 Å². The van der Waals surface area contributed by atoms with Gasteiger partial charge in [-0.15, -0.1) is 0 Å². The molecule has 0 bridgehead atoms. The summed E-state index contributed by atoms with van der Waals surface area (Å²) in [5.41, 5.74) is 3.37. The van der Waals surface area contributed by atoms with Gasteiger partial charge in [-0.05, 0) is 49.9 Å². The molecule has 40 heavy (non-hydrogen) atoms. The van der Waals surface area contributed by atoms with Crippen molar-refractivity contribution in [3.05, 3.63) is 83.9 Å². The maximum atomic E-state index is 13.4. The Bertz CT molecular complexity index is 1200. The molecule has 1 amide bonds. The molecule has 1 heterocycles. The van der Waals surface area contributed by atoms with Gasteiger partial charge in [0.05, 0.1) is 13.2 Å². The maximum absolute atomic E-state index is 13.4. The van der Waals surface area contributed by atoms with Crippen molar-refractivity contribution < 1.29 is 19.0 Å². The minimum atomic E-state index is 0.0140. The third-order valence-corrected chi connectivity index (χ3v) is 7.06. The second-order valence-corrected chi connectivity index (χ2v) is 10.3. The lowest BCUT2D eigenvalue weighted by molar-refractivity contribution is -0.133. The molecule has 0 aromatic heterocycles. The van der Waals surface area contributed by atoms with Crippen LogP contribution in [-0.2, 0) is 17.9 Å². The average Bonchev–Trinajstić information content (AvgIpc) is 2.98. The zero-order valence-corrected chi connectivity index (χ0v) is 24.2. The van der Waals surface area contributed by atoms with Crippen LogP contribution in [0.5, 0.6) is 17.2 Å². The van der Waals surface area contributed by atoms with Crippen LogP contribution in [0.4, 0.5) is 5.69 Å². The van der Waals surface area contributed by atoms with E-state index in [1.165, 1.54) is 5.56 Å². The smallest absolute Gasteiger partial charge is 0.260 e. The van der Waals surface area contributed by atoms with Crippen molar-refractivity contribution >= 4 is 11.6 Å². The van der Waals surface area contributed by atoms with Gasteiger partial charge < -0.3 is 24.0 Å². The maximum Gasteiger partial charge on any atom is 0.260 e. The van der Waals surface area contributed by atoms with E-state index in [1.807, 2.05) is 73.3 Å². The summed E-state index contributed by atoms with van der Waals surface area (Å²) in [5.74, 6) is 2.35. The molecule has 0 radical (unpaired) electrons. The van der Waals surface area contributed by atoms with Gasteiger partial charge in [-0.3, -0.25) is 9.69 Å². The Kier molecular flexibility index (Phi) is 11.1. The molecule has 0 saturated carbocycles. The molecule has 3 aromatic rings. The fourth-order valence-corrected chi connectivity index (χ4v) is 4.88. The monoisotopic (exact) mass is 545 g/mol. The van der Waals surface area contributed by atoms with Crippen molar-refractivity contribution in [2.24, 2.45) is 0 Å². The standard InChI is InChI=1S/C33H43N3O4/c1-4-38-31-18-11-15-28-25-35(24-27-13-7-5-8-14-27)20-21-36(19-9-6-10-22-39-33(28)31)32(37)26-40-30-17-12-16-29(23-30)34(2)3/h5,7-8,11-18,23H,4,6,9-10,19-22,24-26H2,1-3H3. The van der Waals surface area contributed by atoms with Crippen LogP contribution in [0.3, 0.4) is 0 Å². The number of nitrogens with zero attached hydrogens (tertiary/aromatic N) is 3. The van der Waals surface area contributed by atoms with Crippen molar-refractivity contribution in [2.45, 2.75) is 39.3 Å². The third-order valence-electron chi connectivity index (χ3n) is 7.06. The first-order valence-corrected chi connectivity index (χ1v) is 14.3. The van der Waals surface area contributed by atoms with Crippen LogP contribution in [-0.4, -0.2) is 69.3 Å². The van der Waals surface area contributed by atoms with E-state index in [9.17, 15) is 4.79 Å². The molecular formula is C33H43N3O4. The predicted molar refractivity (Wildman–Crippen MR) is 160 cm³/mol. The number of rotatable bonds is 8. The molecule has 214 valence electrons. The number of hydrogen-bond donors (Lipinski definition) is 0. The Morgan fingerprint density at radius 2 is 1.73 bits per heavy atom. The molecule has 0 fully saturated rings.